The topological polar surface area (TPSA) is 21.3 Å². The maximum absolute atomic E-state index is 5.13. The SMILES string of the molecule is CCC(C)(C)NCCc1ccc(OC)cc1. The number of ether oxygens (including phenoxy) is 1. The summed E-state index contributed by atoms with van der Waals surface area (Å²) >= 11 is 0. The molecule has 0 bridgehead atoms. The molecule has 1 N–H and O–H groups in total. The van der Waals surface area contributed by atoms with Crippen LogP contribution >= 0.6 is 0 Å². The molecule has 0 unspecified atom stereocenters. The molecule has 0 heterocycles. The van der Waals surface area contributed by atoms with Gasteiger partial charge in [-0.1, -0.05) is 19.1 Å². The predicted molar refractivity (Wildman–Crippen MR) is 69.1 cm³/mol. The zero-order chi connectivity index (χ0) is 12.0. The Balaban J connectivity index is 2.37. The van der Waals surface area contributed by atoms with Crippen LogP contribution in [0.15, 0.2) is 24.3 Å². The van der Waals surface area contributed by atoms with Gasteiger partial charge >= 0.3 is 0 Å². The first kappa shape index (κ1) is 13.0. The Hall–Kier alpha value is -1.02. The number of benzene rings is 1. The molecule has 2 heteroatoms. The minimum absolute atomic E-state index is 0.243. The molecule has 0 aliphatic heterocycles. The van der Waals surface area contributed by atoms with Crippen molar-refractivity contribution in [1.29, 1.82) is 0 Å². The largest absolute Gasteiger partial charge is 0.497 e. The smallest absolute Gasteiger partial charge is 0.118 e. The molecule has 1 aromatic carbocycles. The molecule has 1 aromatic rings. The lowest BCUT2D eigenvalue weighted by Gasteiger charge is -2.24. The minimum Gasteiger partial charge on any atom is -0.497 e. The van der Waals surface area contributed by atoms with Gasteiger partial charge in [0.15, 0.2) is 0 Å². The first-order chi connectivity index (χ1) is 7.57. The summed E-state index contributed by atoms with van der Waals surface area (Å²) < 4.78 is 5.13. The van der Waals surface area contributed by atoms with Gasteiger partial charge in [0.2, 0.25) is 0 Å². The van der Waals surface area contributed by atoms with Gasteiger partial charge in [-0.05, 0) is 50.9 Å². The van der Waals surface area contributed by atoms with E-state index in [1.807, 2.05) is 12.1 Å². The van der Waals surface area contributed by atoms with Crippen LogP contribution < -0.4 is 10.1 Å². The van der Waals surface area contributed by atoms with Gasteiger partial charge in [-0.2, -0.15) is 0 Å². The van der Waals surface area contributed by atoms with E-state index in [4.69, 9.17) is 4.74 Å². The van der Waals surface area contributed by atoms with E-state index in [1.165, 1.54) is 5.56 Å². The third-order valence-corrected chi connectivity index (χ3v) is 3.06. The Labute approximate surface area is 99.0 Å². The molecule has 2 nitrogen and oxygen atoms in total. The molecule has 0 saturated carbocycles. The first-order valence-corrected chi connectivity index (χ1v) is 5.95. The summed E-state index contributed by atoms with van der Waals surface area (Å²) in [6.45, 7) is 7.70. The summed E-state index contributed by atoms with van der Waals surface area (Å²) in [5, 5.41) is 3.55. The minimum atomic E-state index is 0.243. The van der Waals surface area contributed by atoms with Crippen molar-refractivity contribution in [2.24, 2.45) is 0 Å². The molecule has 0 atom stereocenters. The molecule has 0 saturated heterocycles. The zero-order valence-electron chi connectivity index (χ0n) is 10.8. The van der Waals surface area contributed by atoms with E-state index in [9.17, 15) is 0 Å². The van der Waals surface area contributed by atoms with Crippen molar-refractivity contribution >= 4 is 0 Å². The molecule has 0 aliphatic rings. The summed E-state index contributed by atoms with van der Waals surface area (Å²) in [5.41, 5.74) is 1.59. The summed E-state index contributed by atoms with van der Waals surface area (Å²) in [5.74, 6) is 0.922. The molecule has 1 rings (SSSR count). The van der Waals surface area contributed by atoms with E-state index in [1.54, 1.807) is 7.11 Å². The zero-order valence-corrected chi connectivity index (χ0v) is 10.8. The van der Waals surface area contributed by atoms with Crippen LogP contribution in [-0.4, -0.2) is 19.2 Å². The van der Waals surface area contributed by atoms with Gasteiger partial charge < -0.3 is 10.1 Å². The molecule has 90 valence electrons. The van der Waals surface area contributed by atoms with Crippen molar-refractivity contribution in [3.05, 3.63) is 29.8 Å². The van der Waals surface area contributed by atoms with Crippen molar-refractivity contribution < 1.29 is 4.74 Å². The van der Waals surface area contributed by atoms with Gasteiger partial charge in [0, 0.05) is 5.54 Å². The maximum atomic E-state index is 5.13. The van der Waals surface area contributed by atoms with Gasteiger partial charge in [0.25, 0.3) is 0 Å². The Kier molecular flexibility index (Phi) is 4.81. The molecule has 0 fully saturated rings. The number of hydrogen-bond donors (Lipinski definition) is 1. The van der Waals surface area contributed by atoms with Crippen LogP contribution in [-0.2, 0) is 6.42 Å². The molecule has 0 spiro atoms. The molecule has 0 radical (unpaired) electrons. The second-order valence-electron chi connectivity index (χ2n) is 4.76. The van der Waals surface area contributed by atoms with Gasteiger partial charge in [0.05, 0.1) is 7.11 Å². The quantitative estimate of drug-likeness (QED) is 0.797. The third kappa shape index (κ3) is 4.23. The van der Waals surface area contributed by atoms with E-state index in [-0.39, 0.29) is 5.54 Å². The van der Waals surface area contributed by atoms with E-state index in [0.717, 1.165) is 25.1 Å². The van der Waals surface area contributed by atoms with Gasteiger partial charge in [-0.25, -0.2) is 0 Å². The van der Waals surface area contributed by atoms with Crippen LogP contribution in [0, 0.1) is 0 Å². The van der Waals surface area contributed by atoms with Crippen LogP contribution in [0.3, 0.4) is 0 Å². The summed E-state index contributed by atoms with van der Waals surface area (Å²) in [6, 6.07) is 8.28. The highest BCUT2D eigenvalue weighted by atomic mass is 16.5. The van der Waals surface area contributed by atoms with Gasteiger partial charge in [0.1, 0.15) is 5.75 Å². The predicted octanol–water partition coefficient (Wildman–Crippen LogP) is 3.02. The van der Waals surface area contributed by atoms with E-state index in [0.29, 0.717) is 0 Å². The highest BCUT2D eigenvalue weighted by Gasteiger charge is 2.12. The Morgan fingerprint density at radius 3 is 2.31 bits per heavy atom. The van der Waals surface area contributed by atoms with Crippen LogP contribution in [0.25, 0.3) is 0 Å². The normalized spacial score (nSPS) is 11.5. The lowest BCUT2D eigenvalue weighted by atomic mass is 10.0. The fraction of sp³-hybridized carbons (Fsp3) is 0.571. The number of methoxy groups -OCH3 is 1. The fourth-order valence-electron chi connectivity index (χ4n) is 1.46. The summed E-state index contributed by atoms with van der Waals surface area (Å²) in [6.07, 6.45) is 2.21. The Morgan fingerprint density at radius 1 is 1.19 bits per heavy atom. The molecule has 0 aromatic heterocycles. The van der Waals surface area contributed by atoms with E-state index in [2.05, 4.69) is 38.2 Å². The van der Waals surface area contributed by atoms with Gasteiger partial charge in [-0.3, -0.25) is 0 Å². The summed E-state index contributed by atoms with van der Waals surface area (Å²) in [7, 11) is 1.69. The third-order valence-electron chi connectivity index (χ3n) is 3.06. The lowest BCUT2D eigenvalue weighted by molar-refractivity contribution is 0.379. The van der Waals surface area contributed by atoms with Crippen molar-refractivity contribution in [3.8, 4) is 5.75 Å². The number of hydrogen-bond acceptors (Lipinski definition) is 2. The molecular formula is C14H23NO. The Morgan fingerprint density at radius 2 is 1.81 bits per heavy atom. The second-order valence-corrected chi connectivity index (χ2v) is 4.76. The Bertz CT molecular complexity index is 303. The van der Waals surface area contributed by atoms with Gasteiger partial charge in [-0.15, -0.1) is 0 Å². The molecule has 16 heavy (non-hydrogen) atoms. The molecular weight excluding hydrogens is 198 g/mol. The number of rotatable bonds is 6. The lowest BCUT2D eigenvalue weighted by Crippen LogP contribution is -2.39. The van der Waals surface area contributed by atoms with Crippen LogP contribution in [0.1, 0.15) is 32.8 Å². The van der Waals surface area contributed by atoms with Crippen molar-refractivity contribution in [2.45, 2.75) is 39.2 Å². The molecule has 0 aliphatic carbocycles. The maximum Gasteiger partial charge on any atom is 0.118 e. The first-order valence-electron chi connectivity index (χ1n) is 5.95. The van der Waals surface area contributed by atoms with Crippen molar-refractivity contribution in [2.75, 3.05) is 13.7 Å². The van der Waals surface area contributed by atoms with Crippen LogP contribution in [0.4, 0.5) is 0 Å². The number of nitrogens with one attached hydrogen (secondary N) is 1. The highest BCUT2D eigenvalue weighted by Crippen LogP contribution is 2.12. The average Bonchev–Trinajstić information content (AvgIpc) is 2.30. The summed E-state index contributed by atoms with van der Waals surface area (Å²) in [4.78, 5) is 0. The van der Waals surface area contributed by atoms with E-state index >= 15 is 0 Å². The van der Waals surface area contributed by atoms with Crippen LogP contribution in [0.2, 0.25) is 0 Å². The average molecular weight is 221 g/mol. The fourth-order valence-corrected chi connectivity index (χ4v) is 1.46. The highest BCUT2D eigenvalue weighted by molar-refractivity contribution is 5.27. The van der Waals surface area contributed by atoms with Crippen molar-refractivity contribution in [1.82, 2.24) is 5.32 Å². The van der Waals surface area contributed by atoms with Crippen LogP contribution in [0.5, 0.6) is 5.75 Å². The molecule has 0 amide bonds. The van der Waals surface area contributed by atoms with E-state index < -0.39 is 0 Å². The standard InChI is InChI=1S/C14H23NO/c1-5-14(2,3)15-11-10-12-6-8-13(16-4)9-7-12/h6-9,15H,5,10-11H2,1-4H3. The monoisotopic (exact) mass is 221 g/mol. The second kappa shape index (κ2) is 5.90. The van der Waals surface area contributed by atoms with Crippen molar-refractivity contribution in [3.63, 3.8) is 0 Å².